The zero-order valence-electron chi connectivity index (χ0n) is 27.4. The minimum Gasteiger partial charge on any atom is -0.497 e. The summed E-state index contributed by atoms with van der Waals surface area (Å²) in [6.45, 7) is 19.3. The molecule has 0 aliphatic carbocycles. The van der Waals surface area contributed by atoms with Gasteiger partial charge in [-0.3, -0.25) is 4.79 Å². The highest BCUT2D eigenvalue weighted by Crippen LogP contribution is 2.34. The van der Waals surface area contributed by atoms with E-state index < -0.39 is 14.1 Å². The normalized spacial score (nSPS) is 20.2. The number of rotatable bonds is 20. The topological polar surface area (TPSA) is 63.2 Å². The molecule has 41 heavy (non-hydrogen) atoms. The predicted molar refractivity (Wildman–Crippen MR) is 170 cm³/mol. The number of ketones is 1. The second-order valence-electron chi connectivity index (χ2n) is 12.0. The molecule has 0 amide bonds. The Hall–Kier alpha value is -1.51. The fourth-order valence-electron chi connectivity index (χ4n) is 5.70. The molecule has 6 nitrogen and oxygen atoms in total. The Morgan fingerprint density at radius 3 is 2.22 bits per heavy atom. The number of allylic oxidation sites excluding steroid dienone is 1. The van der Waals surface area contributed by atoms with Crippen molar-refractivity contribution in [2.75, 3.05) is 20.3 Å². The van der Waals surface area contributed by atoms with E-state index in [1.807, 2.05) is 24.3 Å². The Morgan fingerprint density at radius 2 is 1.68 bits per heavy atom. The molecule has 1 aromatic rings. The van der Waals surface area contributed by atoms with E-state index in [4.69, 9.17) is 23.4 Å². The summed E-state index contributed by atoms with van der Waals surface area (Å²) in [7, 11) is -0.180. The first-order valence-corrected chi connectivity index (χ1v) is 18.5. The minimum atomic E-state index is -1.85. The van der Waals surface area contributed by atoms with Crippen molar-refractivity contribution in [2.45, 2.75) is 124 Å². The molecule has 234 valence electrons. The zero-order valence-corrected chi connectivity index (χ0v) is 28.4. The highest BCUT2D eigenvalue weighted by Gasteiger charge is 2.40. The molecular formula is C34H58O6Si. The molecule has 1 aliphatic heterocycles. The van der Waals surface area contributed by atoms with Crippen molar-refractivity contribution < 1.29 is 28.2 Å². The number of carbonyl (C=O) groups excluding carboxylic acids is 1. The van der Waals surface area contributed by atoms with Crippen LogP contribution in [0.5, 0.6) is 5.75 Å². The Bertz CT molecular complexity index is 900. The molecule has 0 N–H and O–H groups in total. The third-order valence-corrected chi connectivity index (χ3v) is 13.9. The van der Waals surface area contributed by atoms with E-state index >= 15 is 0 Å². The van der Waals surface area contributed by atoms with Crippen molar-refractivity contribution in [3.8, 4) is 5.75 Å². The van der Waals surface area contributed by atoms with Gasteiger partial charge in [-0.25, -0.2) is 0 Å². The summed E-state index contributed by atoms with van der Waals surface area (Å²) < 4.78 is 30.7. The van der Waals surface area contributed by atoms with Crippen LogP contribution in [-0.4, -0.2) is 52.4 Å². The van der Waals surface area contributed by atoms with Crippen LogP contribution in [0, 0.1) is 17.8 Å². The maximum absolute atomic E-state index is 12.9. The van der Waals surface area contributed by atoms with Gasteiger partial charge in [0.05, 0.1) is 39.1 Å². The van der Waals surface area contributed by atoms with Gasteiger partial charge in [-0.15, -0.1) is 0 Å². The second-order valence-corrected chi connectivity index (χ2v) is 16.7. The van der Waals surface area contributed by atoms with Crippen LogP contribution in [0.4, 0.5) is 0 Å². The Labute approximate surface area is 251 Å². The number of carbonyl (C=O) groups is 1. The molecule has 7 heteroatoms. The summed E-state index contributed by atoms with van der Waals surface area (Å²) in [6.07, 6.45) is 6.89. The van der Waals surface area contributed by atoms with Gasteiger partial charge in [-0.2, -0.15) is 0 Å². The van der Waals surface area contributed by atoms with Crippen molar-refractivity contribution in [2.24, 2.45) is 17.8 Å². The van der Waals surface area contributed by atoms with Crippen LogP contribution in [-0.2, 0) is 30.0 Å². The molecule has 1 saturated heterocycles. The lowest BCUT2D eigenvalue weighted by Crippen LogP contribution is -2.45. The third-order valence-electron chi connectivity index (χ3n) is 9.23. The molecular weight excluding hydrogens is 532 g/mol. The molecule has 0 bridgehead atoms. The van der Waals surface area contributed by atoms with E-state index in [1.165, 1.54) is 0 Å². The lowest BCUT2D eigenvalue weighted by atomic mass is 9.92. The van der Waals surface area contributed by atoms with E-state index in [-0.39, 0.29) is 35.7 Å². The molecule has 0 aromatic heterocycles. The van der Waals surface area contributed by atoms with Gasteiger partial charge < -0.3 is 23.4 Å². The quantitative estimate of drug-likeness (QED) is 0.112. The first-order chi connectivity index (χ1) is 19.6. The van der Waals surface area contributed by atoms with E-state index in [1.54, 1.807) is 13.2 Å². The summed E-state index contributed by atoms with van der Waals surface area (Å²) >= 11 is 0. The van der Waals surface area contributed by atoms with Crippen LogP contribution in [0.15, 0.2) is 36.4 Å². The maximum atomic E-state index is 12.9. The fourth-order valence-corrected chi connectivity index (χ4v) is 8.72. The van der Waals surface area contributed by atoms with Crippen molar-refractivity contribution in [3.05, 3.63) is 42.0 Å². The summed E-state index contributed by atoms with van der Waals surface area (Å²) in [5.41, 5.74) is 1.12. The number of hydrogen-bond donors (Lipinski definition) is 0. The van der Waals surface area contributed by atoms with Gasteiger partial charge >= 0.3 is 0 Å². The van der Waals surface area contributed by atoms with Crippen molar-refractivity contribution in [1.82, 2.24) is 0 Å². The first kappa shape index (κ1) is 35.7. The molecule has 1 heterocycles. The Kier molecular flexibility index (Phi) is 15.3. The van der Waals surface area contributed by atoms with E-state index in [0.29, 0.717) is 26.2 Å². The molecule has 0 unspecified atom stereocenters. The summed E-state index contributed by atoms with van der Waals surface area (Å²) in [5.74, 6) is 1.12. The molecule has 2 rings (SSSR count). The smallest absolute Gasteiger partial charge is 0.192 e. The average molecular weight is 591 g/mol. The minimum absolute atomic E-state index is 0.000561. The van der Waals surface area contributed by atoms with E-state index in [2.05, 4.69) is 61.5 Å². The van der Waals surface area contributed by atoms with E-state index in [9.17, 15) is 4.79 Å². The van der Waals surface area contributed by atoms with Gasteiger partial charge in [0.25, 0.3) is 0 Å². The molecule has 1 aliphatic rings. The number of benzene rings is 1. The average Bonchev–Trinajstić information content (AvgIpc) is 3.45. The molecule has 0 radical (unpaired) electrons. The Balaban J connectivity index is 1.98. The summed E-state index contributed by atoms with van der Waals surface area (Å²) in [5, 5.41) is 0. The lowest BCUT2D eigenvalue weighted by molar-refractivity contribution is -0.176. The van der Waals surface area contributed by atoms with E-state index in [0.717, 1.165) is 48.7 Å². The highest BCUT2D eigenvalue weighted by molar-refractivity contribution is 6.73. The van der Waals surface area contributed by atoms with Crippen molar-refractivity contribution >= 4 is 14.1 Å². The third kappa shape index (κ3) is 10.6. The fraction of sp³-hybridized carbons (Fsp3) is 0.735. The van der Waals surface area contributed by atoms with Gasteiger partial charge in [-0.1, -0.05) is 73.6 Å². The summed E-state index contributed by atoms with van der Waals surface area (Å²) in [6, 6.07) is 11.3. The second kappa shape index (κ2) is 17.6. The van der Waals surface area contributed by atoms with Gasteiger partial charge in [0, 0.05) is 12.3 Å². The van der Waals surface area contributed by atoms with Gasteiger partial charge in [0.2, 0.25) is 0 Å². The van der Waals surface area contributed by atoms with Crippen LogP contribution in [0.25, 0.3) is 0 Å². The number of methoxy groups -OCH3 is 1. The molecule has 0 spiro atoms. The lowest BCUT2D eigenvalue weighted by Gasteiger charge is -2.38. The predicted octanol–water partition coefficient (Wildman–Crippen LogP) is 8.35. The van der Waals surface area contributed by atoms with Gasteiger partial charge in [0.1, 0.15) is 5.75 Å². The number of hydrogen-bond acceptors (Lipinski definition) is 6. The zero-order chi connectivity index (χ0) is 30.5. The van der Waals surface area contributed by atoms with Crippen molar-refractivity contribution in [3.63, 3.8) is 0 Å². The van der Waals surface area contributed by atoms with Gasteiger partial charge in [0.15, 0.2) is 19.9 Å². The number of ether oxygens (including phenoxy) is 4. The Morgan fingerprint density at radius 1 is 1.05 bits per heavy atom. The molecule has 5 atom stereocenters. The van der Waals surface area contributed by atoms with Crippen LogP contribution in [0.2, 0.25) is 18.1 Å². The first-order valence-electron chi connectivity index (χ1n) is 16.0. The monoisotopic (exact) mass is 590 g/mol. The van der Waals surface area contributed by atoms with Crippen LogP contribution >= 0.6 is 0 Å². The van der Waals surface area contributed by atoms with Gasteiger partial charge in [-0.05, 0) is 73.0 Å². The largest absolute Gasteiger partial charge is 0.497 e. The van der Waals surface area contributed by atoms with Crippen LogP contribution in [0.3, 0.4) is 0 Å². The maximum Gasteiger partial charge on any atom is 0.192 e. The highest BCUT2D eigenvalue weighted by atomic mass is 28.4. The molecule has 1 fully saturated rings. The standard InChI is InChI=1S/C34H58O6Si/c1-10-34(11-2)38-25-32(39-34)26(6)15-19-30(35)20-16-27(7)33(40-41(12-3,13-4)14-5)28(8)23-37-24-29-17-21-31(36-9)22-18-29/h16-18,20-22,26-28,32-33H,10-15,19,23-25H2,1-9H3/b20-16+/t26-,27+,28-,32+,33-/m1/s1. The van der Waals surface area contributed by atoms with Crippen LogP contribution < -0.4 is 4.74 Å². The summed E-state index contributed by atoms with van der Waals surface area (Å²) in [4.78, 5) is 12.9. The van der Waals surface area contributed by atoms with Crippen molar-refractivity contribution in [1.29, 1.82) is 0 Å². The van der Waals surface area contributed by atoms with Crippen LogP contribution in [0.1, 0.15) is 86.6 Å². The molecule has 1 aromatic carbocycles. The SMILES string of the molecule is CCC1(CC)OC[C@@H]([C@H](C)CCC(=O)/C=C/[C@H](C)[C@@H](O[Si](CC)(CC)CC)[C@H](C)COCc2ccc(OC)cc2)O1. The molecule has 0 saturated carbocycles.